The zero-order chi connectivity index (χ0) is 18.5. The van der Waals surface area contributed by atoms with E-state index in [-0.39, 0.29) is 5.91 Å². The van der Waals surface area contributed by atoms with Crippen LogP contribution < -0.4 is 15.5 Å². The van der Waals surface area contributed by atoms with Crippen molar-refractivity contribution in [3.63, 3.8) is 0 Å². The van der Waals surface area contributed by atoms with Crippen molar-refractivity contribution >= 4 is 34.6 Å². The third kappa shape index (κ3) is 4.82. The van der Waals surface area contributed by atoms with Gasteiger partial charge in [-0.25, -0.2) is 0 Å². The first kappa shape index (κ1) is 18.4. The number of anilines is 2. The normalized spacial score (nSPS) is 14.8. The topological polar surface area (TPSA) is 44.4 Å². The highest BCUT2D eigenvalue weighted by molar-refractivity contribution is 7.80. The fraction of sp³-hybridized carbons (Fsp3) is 0.333. The molecule has 26 heavy (non-hydrogen) atoms. The molecule has 136 valence electrons. The Hall–Kier alpha value is -2.40. The Morgan fingerprint density at radius 3 is 2.46 bits per heavy atom. The average molecular weight is 368 g/mol. The molecule has 0 spiro atoms. The molecule has 0 unspecified atom stereocenters. The molecule has 1 saturated heterocycles. The molecule has 2 aromatic rings. The standard InChI is InChI=1S/C21H25N3OS/c1-15-10-12-24(13-11-15)19-8-6-18(7-9-19)22-21(26)23-20(25)17-5-3-4-16(2)14-17/h3-9,14-15H,10-13H2,1-2H3,(H2,22,23,25,26). The molecule has 0 atom stereocenters. The van der Waals surface area contributed by atoms with Gasteiger partial charge in [-0.15, -0.1) is 0 Å². The zero-order valence-electron chi connectivity index (χ0n) is 15.3. The number of hydrogen-bond acceptors (Lipinski definition) is 3. The van der Waals surface area contributed by atoms with Crippen LogP contribution in [0.4, 0.5) is 11.4 Å². The van der Waals surface area contributed by atoms with Crippen molar-refractivity contribution in [2.75, 3.05) is 23.3 Å². The van der Waals surface area contributed by atoms with Crippen LogP contribution in [0.15, 0.2) is 48.5 Å². The predicted octanol–water partition coefficient (Wildman–Crippen LogP) is 4.36. The summed E-state index contributed by atoms with van der Waals surface area (Å²) in [6, 6.07) is 15.6. The van der Waals surface area contributed by atoms with Crippen LogP contribution >= 0.6 is 12.2 Å². The summed E-state index contributed by atoms with van der Waals surface area (Å²) in [4.78, 5) is 14.7. The highest BCUT2D eigenvalue weighted by Gasteiger charge is 2.16. The van der Waals surface area contributed by atoms with Gasteiger partial charge in [0.2, 0.25) is 0 Å². The first-order valence-electron chi connectivity index (χ1n) is 9.05. The van der Waals surface area contributed by atoms with Gasteiger partial charge in [-0.3, -0.25) is 10.1 Å². The first-order valence-corrected chi connectivity index (χ1v) is 9.46. The number of hydrogen-bond donors (Lipinski definition) is 2. The van der Waals surface area contributed by atoms with E-state index in [1.165, 1.54) is 18.5 Å². The Morgan fingerprint density at radius 2 is 1.81 bits per heavy atom. The van der Waals surface area contributed by atoms with E-state index in [0.717, 1.165) is 30.3 Å². The van der Waals surface area contributed by atoms with Crippen molar-refractivity contribution in [3.05, 3.63) is 59.7 Å². The highest BCUT2D eigenvalue weighted by Crippen LogP contribution is 2.24. The second kappa shape index (κ2) is 8.32. The molecule has 5 heteroatoms. The lowest BCUT2D eigenvalue weighted by molar-refractivity contribution is 0.0977. The van der Waals surface area contributed by atoms with Gasteiger partial charge in [-0.05, 0) is 74.3 Å². The van der Waals surface area contributed by atoms with Crippen LogP contribution in [0.25, 0.3) is 0 Å². The summed E-state index contributed by atoms with van der Waals surface area (Å²) >= 11 is 5.26. The number of thiocarbonyl (C=S) groups is 1. The van der Waals surface area contributed by atoms with E-state index in [9.17, 15) is 4.79 Å². The maximum atomic E-state index is 12.2. The smallest absolute Gasteiger partial charge is 0.257 e. The Kier molecular flexibility index (Phi) is 5.89. The van der Waals surface area contributed by atoms with Crippen molar-refractivity contribution in [1.29, 1.82) is 0 Å². The number of rotatable bonds is 3. The molecule has 0 aromatic heterocycles. The van der Waals surface area contributed by atoms with E-state index in [2.05, 4.69) is 34.6 Å². The summed E-state index contributed by atoms with van der Waals surface area (Å²) in [5.74, 6) is 0.617. The van der Waals surface area contributed by atoms with Crippen LogP contribution in [-0.2, 0) is 0 Å². The number of nitrogens with zero attached hydrogens (tertiary/aromatic N) is 1. The van der Waals surface area contributed by atoms with E-state index in [4.69, 9.17) is 12.2 Å². The van der Waals surface area contributed by atoms with Gasteiger partial charge in [0.15, 0.2) is 5.11 Å². The van der Waals surface area contributed by atoms with E-state index >= 15 is 0 Å². The monoisotopic (exact) mass is 367 g/mol. The Bertz CT molecular complexity index is 780. The molecule has 1 aliphatic heterocycles. The average Bonchev–Trinajstić information content (AvgIpc) is 2.63. The van der Waals surface area contributed by atoms with Crippen molar-refractivity contribution in [2.45, 2.75) is 26.7 Å². The molecular formula is C21H25N3OS. The van der Waals surface area contributed by atoms with Crippen molar-refractivity contribution in [3.8, 4) is 0 Å². The number of aryl methyl sites for hydroxylation is 1. The molecule has 1 aliphatic rings. The molecule has 3 rings (SSSR count). The maximum absolute atomic E-state index is 12.2. The van der Waals surface area contributed by atoms with E-state index in [1.807, 2.05) is 37.3 Å². The summed E-state index contributed by atoms with van der Waals surface area (Å²) in [5, 5.41) is 6.10. The van der Waals surface area contributed by atoms with Gasteiger partial charge >= 0.3 is 0 Å². The van der Waals surface area contributed by atoms with Gasteiger partial charge in [0.05, 0.1) is 0 Å². The van der Waals surface area contributed by atoms with Gasteiger partial charge in [0, 0.05) is 30.0 Å². The minimum atomic E-state index is -0.203. The fourth-order valence-electron chi connectivity index (χ4n) is 3.15. The SMILES string of the molecule is Cc1cccc(C(=O)NC(=S)Nc2ccc(N3CCC(C)CC3)cc2)c1. The van der Waals surface area contributed by atoms with Crippen molar-refractivity contribution in [1.82, 2.24) is 5.32 Å². The number of nitrogens with one attached hydrogen (secondary N) is 2. The number of amides is 1. The van der Waals surface area contributed by atoms with Gasteiger partial charge < -0.3 is 10.2 Å². The highest BCUT2D eigenvalue weighted by atomic mass is 32.1. The second-order valence-corrected chi connectivity index (χ2v) is 7.40. The molecule has 1 heterocycles. The molecule has 0 radical (unpaired) electrons. The summed E-state index contributed by atoms with van der Waals surface area (Å²) in [5.41, 5.74) is 3.74. The first-order chi connectivity index (χ1) is 12.5. The molecule has 0 saturated carbocycles. The van der Waals surface area contributed by atoms with Crippen LogP contribution in [0, 0.1) is 12.8 Å². The molecule has 1 amide bonds. The van der Waals surface area contributed by atoms with Crippen LogP contribution in [0.3, 0.4) is 0 Å². The van der Waals surface area contributed by atoms with E-state index < -0.39 is 0 Å². The molecule has 0 bridgehead atoms. The quantitative estimate of drug-likeness (QED) is 0.791. The van der Waals surface area contributed by atoms with Gasteiger partial charge in [-0.1, -0.05) is 24.6 Å². The summed E-state index contributed by atoms with van der Waals surface area (Å²) < 4.78 is 0. The molecule has 2 N–H and O–H groups in total. The maximum Gasteiger partial charge on any atom is 0.257 e. The minimum Gasteiger partial charge on any atom is -0.372 e. The van der Waals surface area contributed by atoms with Crippen LogP contribution in [0.1, 0.15) is 35.7 Å². The number of piperidine rings is 1. The Balaban J connectivity index is 1.55. The van der Waals surface area contributed by atoms with E-state index in [1.54, 1.807) is 6.07 Å². The molecule has 4 nitrogen and oxygen atoms in total. The lowest BCUT2D eigenvalue weighted by atomic mass is 9.99. The molecule has 2 aromatic carbocycles. The van der Waals surface area contributed by atoms with Crippen LogP contribution in [-0.4, -0.2) is 24.1 Å². The predicted molar refractivity (Wildman–Crippen MR) is 112 cm³/mol. The molecule has 0 aliphatic carbocycles. The van der Waals surface area contributed by atoms with Crippen LogP contribution in [0.2, 0.25) is 0 Å². The Morgan fingerprint density at radius 1 is 1.12 bits per heavy atom. The third-order valence-corrected chi connectivity index (χ3v) is 4.99. The summed E-state index contributed by atoms with van der Waals surface area (Å²) in [6.07, 6.45) is 2.49. The fourth-order valence-corrected chi connectivity index (χ4v) is 3.36. The third-order valence-electron chi connectivity index (χ3n) is 4.78. The Labute approximate surface area is 160 Å². The van der Waals surface area contributed by atoms with Crippen LogP contribution in [0.5, 0.6) is 0 Å². The van der Waals surface area contributed by atoms with Crippen molar-refractivity contribution < 1.29 is 4.79 Å². The lowest BCUT2D eigenvalue weighted by Crippen LogP contribution is -2.34. The minimum absolute atomic E-state index is 0.203. The number of carbonyl (C=O) groups is 1. The van der Waals surface area contributed by atoms with Gasteiger partial charge in [-0.2, -0.15) is 0 Å². The summed E-state index contributed by atoms with van der Waals surface area (Å²) in [7, 11) is 0. The molecular weight excluding hydrogens is 342 g/mol. The number of benzene rings is 2. The van der Waals surface area contributed by atoms with Gasteiger partial charge in [0.25, 0.3) is 5.91 Å². The second-order valence-electron chi connectivity index (χ2n) is 6.99. The molecule has 1 fully saturated rings. The number of carbonyl (C=O) groups excluding carboxylic acids is 1. The van der Waals surface area contributed by atoms with Crippen molar-refractivity contribution in [2.24, 2.45) is 5.92 Å². The zero-order valence-corrected chi connectivity index (χ0v) is 16.1. The lowest BCUT2D eigenvalue weighted by Gasteiger charge is -2.32. The largest absolute Gasteiger partial charge is 0.372 e. The summed E-state index contributed by atoms with van der Waals surface area (Å²) in [6.45, 7) is 6.49. The van der Waals surface area contributed by atoms with Gasteiger partial charge in [0.1, 0.15) is 0 Å². The van der Waals surface area contributed by atoms with E-state index in [0.29, 0.717) is 10.7 Å².